The van der Waals surface area contributed by atoms with Crippen LogP contribution in [0, 0.1) is 0 Å². The van der Waals surface area contributed by atoms with Gasteiger partial charge >= 0.3 is 0 Å². The van der Waals surface area contributed by atoms with Crippen molar-refractivity contribution < 1.29 is 14.4 Å². The molecule has 2 N–H and O–H groups in total. The summed E-state index contributed by atoms with van der Waals surface area (Å²) in [4.78, 5) is 36.3. The van der Waals surface area contributed by atoms with Gasteiger partial charge in [-0.05, 0) is 60.5 Å². The van der Waals surface area contributed by atoms with Gasteiger partial charge in [0.1, 0.15) is 0 Å². The number of hydrogen-bond donors (Lipinski definition) is 2. The van der Waals surface area contributed by atoms with E-state index in [-0.39, 0.29) is 28.6 Å². The van der Waals surface area contributed by atoms with Gasteiger partial charge in [0.15, 0.2) is 5.78 Å². The second-order valence-corrected chi connectivity index (χ2v) is 8.13. The fourth-order valence-electron chi connectivity index (χ4n) is 3.03. The molecule has 6 heteroatoms. The Kier molecular flexibility index (Phi) is 7.25. The predicted molar refractivity (Wildman–Crippen MR) is 124 cm³/mol. The SMILES string of the molecule is CCC(SCC(=O)Nc1ccc2ccccc2c1)C(=O)Nc1ccc(C(C)=O)cc1. The zero-order chi connectivity index (χ0) is 21.5. The third-order valence-electron chi connectivity index (χ3n) is 4.67. The maximum Gasteiger partial charge on any atom is 0.237 e. The van der Waals surface area contributed by atoms with Crippen LogP contribution in [0.1, 0.15) is 30.6 Å². The maximum atomic E-state index is 12.5. The molecule has 2 amide bonds. The highest BCUT2D eigenvalue weighted by Crippen LogP contribution is 2.21. The van der Waals surface area contributed by atoms with E-state index in [4.69, 9.17) is 0 Å². The maximum absolute atomic E-state index is 12.5. The molecule has 0 bridgehead atoms. The summed E-state index contributed by atoms with van der Waals surface area (Å²) in [5.41, 5.74) is 1.96. The van der Waals surface area contributed by atoms with E-state index in [1.165, 1.54) is 18.7 Å². The number of benzene rings is 3. The molecule has 3 aromatic carbocycles. The molecule has 0 fully saturated rings. The summed E-state index contributed by atoms with van der Waals surface area (Å²) in [5.74, 6) is -0.140. The Morgan fingerprint density at radius 2 is 1.53 bits per heavy atom. The third-order valence-corrected chi connectivity index (χ3v) is 6.05. The lowest BCUT2D eigenvalue weighted by Crippen LogP contribution is -2.26. The highest BCUT2D eigenvalue weighted by atomic mass is 32.2. The number of nitrogens with one attached hydrogen (secondary N) is 2. The minimum Gasteiger partial charge on any atom is -0.325 e. The first kappa shape index (κ1) is 21.6. The minimum absolute atomic E-state index is 0.0210. The van der Waals surface area contributed by atoms with Gasteiger partial charge in [0, 0.05) is 16.9 Å². The van der Waals surface area contributed by atoms with Gasteiger partial charge in [0.05, 0.1) is 11.0 Å². The summed E-state index contributed by atoms with van der Waals surface area (Å²) in [5, 5.41) is 7.57. The topological polar surface area (TPSA) is 75.3 Å². The van der Waals surface area contributed by atoms with E-state index >= 15 is 0 Å². The van der Waals surface area contributed by atoms with E-state index in [2.05, 4.69) is 10.6 Å². The summed E-state index contributed by atoms with van der Waals surface area (Å²) >= 11 is 1.31. The van der Waals surface area contributed by atoms with Crippen LogP contribution in [0.4, 0.5) is 11.4 Å². The number of Topliss-reactive ketones (excluding diaryl/α,β-unsaturated/α-hetero) is 1. The van der Waals surface area contributed by atoms with Crippen molar-refractivity contribution in [2.75, 3.05) is 16.4 Å². The van der Waals surface area contributed by atoms with Crippen LogP contribution < -0.4 is 10.6 Å². The zero-order valence-electron chi connectivity index (χ0n) is 17.0. The smallest absolute Gasteiger partial charge is 0.237 e. The highest BCUT2D eigenvalue weighted by molar-refractivity contribution is 8.01. The van der Waals surface area contributed by atoms with Gasteiger partial charge in [0.2, 0.25) is 11.8 Å². The second-order valence-electron chi connectivity index (χ2n) is 6.94. The lowest BCUT2D eigenvalue weighted by molar-refractivity contribution is -0.115. The molecule has 5 nitrogen and oxygen atoms in total. The first-order valence-electron chi connectivity index (χ1n) is 9.78. The number of rotatable bonds is 8. The van der Waals surface area contributed by atoms with E-state index in [0.717, 1.165) is 16.5 Å². The van der Waals surface area contributed by atoms with Crippen LogP contribution in [0.5, 0.6) is 0 Å². The fraction of sp³-hybridized carbons (Fsp3) is 0.208. The molecule has 1 unspecified atom stereocenters. The Bertz CT molecular complexity index is 1060. The van der Waals surface area contributed by atoms with Gasteiger partial charge in [-0.2, -0.15) is 0 Å². The standard InChI is InChI=1S/C24H24N2O3S/c1-3-22(24(29)26-20-11-8-17(9-12-20)16(2)27)30-15-23(28)25-21-13-10-18-6-4-5-7-19(18)14-21/h4-14,22H,3,15H2,1-2H3,(H,25,28)(H,26,29). The van der Waals surface area contributed by atoms with Gasteiger partial charge in [0.25, 0.3) is 0 Å². The first-order valence-corrected chi connectivity index (χ1v) is 10.8. The van der Waals surface area contributed by atoms with Gasteiger partial charge in [-0.15, -0.1) is 11.8 Å². The lowest BCUT2D eigenvalue weighted by Gasteiger charge is -2.15. The van der Waals surface area contributed by atoms with Crippen LogP contribution in [0.2, 0.25) is 0 Å². The molecule has 0 aliphatic rings. The summed E-state index contributed by atoms with van der Waals surface area (Å²) in [6.07, 6.45) is 0.602. The van der Waals surface area contributed by atoms with Crippen molar-refractivity contribution in [3.05, 3.63) is 72.3 Å². The average molecular weight is 421 g/mol. The van der Waals surface area contributed by atoms with Crippen LogP contribution >= 0.6 is 11.8 Å². The molecule has 0 spiro atoms. The van der Waals surface area contributed by atoms with Gasteiger partial charge in [-0.1, -0.05) is 37.3 Å². The second kappa shape index (κ2) is 10.1. The quantitative estimate of drug-likeness (QED) is 0.495. The molecule has 0 saturated carbocycles. The molecule has 3 rings (SSSR count). The van der Waals surface area contributed by atoms with E-state index in [0.29, 0.717) is 17.7 Å². The molecule has 30 heavy (non-hydrogen) atoms. The number of anilines is 2. The number of carbonyl (C=O) groups is 3. The van der Waals surface area contributed by atoms with Crippen molar-refractivity contribution in [2.24, 2.45) is 0 Å². The molecule has 1 atom stereocenters. The summed E-state index contributed by atoms with van der Waals surface area (Å²) in [6, 6.07) is 20.5. The van der Waals surface area contributed by atoms with Crippen LogP contribution in [0.3, 0.4) is 0 Å². The summed E-state index contributed by atoms with van der Waals surface area (Å²) in [7, 11) is 0. The van der Waals surface area contributed by atoms with Crippen LogP contribution in [-0.4, -0.2) is 28.6 Å². The fourth-order valence-corrected chi connectivity index (χ4v) is 3.90. The number of thioether (sulfide) groups is 1. The Morgan fingerprint density at radius 3 is 2.20 bits per heavy atom. The van der Waals surface area contributed by atoms with Crippen molar-refractivity contribution in [2.45, 2.75) is 25.5 Å². The molecular formula is C24H24N2O3S. The minimum atomic E-state index is -0.347. The molecular weight excluding hydrogens is 396 g/mol. The molecule has 0 radical (unpaired) electrons. The van der Waals surface area contributed by atoms with Crippen LogP contribution in [-0.2, 0) is 9.59 Å². The predicted octanol–water partition coefficient (Wildman–Crippen LogP) is 5.13. The van der Waals surface area contributed by atoms with Crippen LogP contribution in [0.15, 0.2) is 66.7 Å². The van der Waals surface area contributed by atoms with Gasteiger partial charge < -0.3 is 10.6 Å². The molecule has 0 heterocycles. The third kappa shape index (κ3) is 5.70. The Hall–Kier alpha value is -3.12. The lowest BCUT2D eigenvalue weighted by atomic mass is 10.1. The van der Waals surface area contributed by atoms with E-state index in [1.807, 2.05) is 49.4 Å². The van der Waals surface area contributed by atoms with Gasteiger partial charge in [-0.25, -0.2) is 0 Å². The summed E-state index contributed by atoms with van der Waals surface area (Å²) < 4.78 is 0. The number of amides is 2. The van der Waals surface area contributed by atoms with Crippen molar-refractivity contribution in [1.82, 2.24) is 0 Å². The number of fused-ring (bicyclic) bond motifs is 1. The monoisotopic (exact) mass is 420 g/mol. The Labute approximate surface area is 180 Å². The molecule has 154 valence electrons. The number of ketones is 1. The summed E-state index contributed by atoms with van der Waals surface area (Å²) in [6.45, 7) is 3.41. The first-order chi connectivity index (χ1) is 14.5. The van der Waals surface area contributed by atoms with Crippen molar-refractivity contribution >= 4 is 51.5 Å². The van der Waals surface area contributed by atoms with E-state index in [9.17, 15) is 14.4 Å². The highest BCUT2D eigenvalue weighted by Gasteiger charge is 2.19. The van der Waals surface area contributed by atoms with E-state index < -0.39 is 0 Å². The van der Waals surface area contributed by atoms with Crippen molar-refractivity contribution in [3.8, 4) is 0 Å². The molecule has 0 aliphatic carbocycles. The van der Waals surface area contributed by atoms with Crippen LogP contribution in [0.25, 0.3) is 10.8 Å². The number of hydrogen-bond acceptors (Lipinski definition) is 4. The Balaban J connectivity index is 1.53. The molecule has 3 aromatic rings. The Morgan fingerprint density at radius 1 is 0.867 bits per heavy atom. The van der Waals surface area contributed by atoms with E-state index in [1.54, 1.807) is 24.3 Å². The molecule has 0 aliphatic heterocycles. The normalized spacial score (nSPS) is 11.7. The average Bonchev–Trinajstić information content (AvgIpc) is 2.74. The number of carbonyl (C=O) groups excluding carboxylic acids is 3. The zero-order valence-corrected chi connectivity index (χ0v) is 17.8. The molecule has 0 aromatic heterocycles. The van der Waals surface area contributed by atoms with Crippen molar-refractivity contribution in [1.29, 1.82) is 0 Å². The largest absolute Gasteiger partial charge is 0.325 e. The van der Waals surface area contributed by atoms with Crippen molar-refractivity contribution in [3.63, 3.8) is 0 Å². The van der Waals surface area contributed by atoms with Gasteiger partial charge in [-0.3, -0.25) is 14.4 Å². The molecule has 0 saturated heterocycles.